The van der Waals surface area contributed by atoms with Crippen molar-refractivity contribution < 1.29 is 0 Å². The van der Waals surface area contributed by atoms with E-state index in [1.807, 2.05) is 11.3 Å². The zero-order chi connectivity index (χ0) is 11.6. The van der Waals surface area contributed by atoms with Crippen LogP contribution in [0.3, 0.4) is 0 Å². The lowest BCUT2D eigenvalue weighted by Crippen LogP contribution is -2.37. The van der Waals surface area contributed by atoms with Gasteiger partial charge in [0, 0.05) is 15.7 Å². The number of hydrogen-bond donors (Lipinski definition) is 1. The molecular weight excluding hydrogens is 234 g/mol. The molecule has 0 aromatic carbocycles. The smallest absolute Gasteiger partial charge is 0.0477 e. The lowest BCUT2D eigenvalue weighted by molar-refractivity contribution is 0.421. The summed E-state index contributed by atoms with van der Waals surface area (Å²) in [6, 6.07) is 2.83. The maximum atomic E-state index is 3.69. The molecule has 0 saturated carbocycles. The molecule has 1 aromatic heterocycles. The molecule has 0 spiro atoms. The van der Waals surface area contributed by atoms with Gasteiger partial charge in [-0.15, -0.1) is 11.3 Å². The van der Waals surface area contributed by atoms with Gasteiger partial charge in [0.05, 0.1) is 0 Å². The molecule has 0 bridgehead atoms. The summed E-state index contributed by atoms with van der Waals surface area (Å²) in [4.78, 5) is 1.47. The van der Waals surface area contributed by atoms with Crippen molar-refractivity contribution in [3.8, 4) is 0 Å². The van der Waals surface area contributed by atoms with Crippen molar-refractivity contribution in [1.29, 1.82) is 0 Å². The summed E-state index contributed by atoms with van der Waals surface area (Å²) < 4.78 is 0.391. The van der Waals surface area contributed by atoms with Crippen LogP contribution in [-0.4, -0.2) is 17.0 Å². The second-order valence-electron chi connectivity index (χ2n) is 4.69. The van der Waals surface area contributed by atoms with Crippen LogP contribution in [0.5, 0.6) is 0 Å². The van der Waals surface area contributed by atoms with Gasteiger partial charge in [-0.3, -0.25) is 0 Å². The van der Waals surface area contributed by atoms with Crippen molar-refractivity contribution >= 4 is 23.1 Å². The molecule has 1 aliphatic rings. The average Bonchev–Trinajstić information content (AvgIpc) is 2.85. The largest absolute Gasteiger partial charge is 0.309 e. The molecule has 1 nitrogen and oxygen atoms in total. The van der Waals surface area contributed by atoms with Crippen LogP contribution < -0.4 is 5.32 Å². The summed E-state index contributed by atoms with van der Waals surface area (Å²) in [6.07, 6.45) is 2.71. The van der Waals surface area contributed by atoms with E-state index in [1.165, 1.54) is 29.0 Å². The summed E-state index contributed by atoms with van der Waals surface area (Å²) in [5.74, 6) is 1.32. The lowest BCUT2D eigenvalue weighted by atomic mass is 9.90. The predicted octanol–water partition coefficient (Wildman–Crippen LogP) is 3.99. The highest BCUT2D eigenvalue weighted by Gasteiger charge is 2.38. The van der Waals surface area contributed by atoms with Gasteiger partial charge in [0.25, 0.3) is 0 Å². The first-order valence-corrected chi connectivity index (χ1v) is 7.95. The van der Waals surface area contributed by atoms with E-state index < -0.39 is 0 Å². The quantitative estimate of drug-likeness (QED) is 0.873. The normalized spacial score (nSPS) is 27.2. The molecule has 1 fully saturated rings. The van der Waals surface area contributed by atoms with Gasteiger partial charge in [-0.05, 0) is 56.0 Å². The molecule has 1 N–H and O–H groups in total. The minimum atomic E-state index is 0.391. The third-order valence-electron chi connectivity index (χ3n) is 3.48. The van der Waals surface area contributed by atoms with Gasteiger partial charge in [-0.25, -0.2) is 0 Å². The van der Waals surface area contributed by atoms with E-state index in [1.54, 1.807) is 0 Å². The average molecular weight is 255 g/mol. The monoisotopic (exact) mass is 255 g/mol. The van der Waals surface area contributed by atoms with Crippen LogP contribution in [0.15, 0.2) is 11.4 Å². The summed E-state index contributed by atoms with van der Waals surface area (Å²) in [6.45, 7) is 7.93. The van der Waals surface area contributed by atoms with Gasteiger partial charge in [0.15, 0.2) is 0 Å². The molecule has 16 heavy (non-hydrogen) atoms. The topological polar surface area (TPSA) is 12.0 Å². The second-order valence-corrected chi connectivity index (χ2v) is 7.44. The van der Waals surface area contributed by atoms with Gasteiger partial charge in [0.2, 0.25) is 0 Å². The fourth-order valence-electron chi connectivity index (χ4n) is 2.58. The Kier molecular flexibility index (Phi) is 3.98. The summed E-state index contributed by atoms with van der Waals surface area (Å²) in [5.41, 5.74) is 1.52. The number of thiophene rings is 1. The highest BCUT2D eigenvalue weighted by atomic mass is 32.2. The predicted molar refractivity (Wildman–Crippen MR) is 75.6 cm³/mol. The second kappa shape index (κ2) is 5.11. The third kappa shape index (κ3) is 2.31. The first-order chi connectivity index (χ1) is 7.67. The Bertz CT molecular complexity index is 339. The number of hydrogen-bond acceptors (Lipinski definition) is 3. The minimum absolute atomic E-state index is 0.391. The van der Waals surface area contributed by atoms with Crippen molar-refractivity contribution in [2.75, 3.05) is 12.3 Å². The van der Waals surface area contributed by atoms with E-state index in [-0.39, 0.29) is 0 Å². The van der Waals surface area contributed by atoms with Crippen molar-refractivity contribution in [3.05, 3.63) is 21.9 Å². The fourth-order valence-corrected chi connectivity index (χ4v) is 4.74. The number of rotatable bonds is 4. The highest BCUT2D eigenvalue weighted by molar-refractivity contribution is 8.00. The van der Waals surface area contributed by atoms with Gasteiger partial charge in [-0.1, -0.05) is 6.92 Å². The molecule has 1 saturated heterocycles. The number of aryl methyl sites for hydroxylation is 1. The van der Waals surface area contributed by atoms with E-state index in [9.17, 15) is 0 Å². The van der Waals surface area contributed by atoms with E-state index in [2.05, 4.69) is 49.3 Å². The van der Waals surface area contributed by atoms with Crippen LogP contribution in [0, 0.1) is 6.92 Å². The summed E-state index contributed by atoms with van der Waals surface area (Å²) in [7, 11) is 0. The van der Waals surface area contributed by atoms with Gasteiger partial charge in [-0.2, -0.15) is 11.8 Å². The van der Waals surface area contributed by atoms with Gasteiger partial charge < -0.3 is 5.32 Å². The van der Waals surface area contributed by atoms with Crippen LogP contribution in [0.25, 0.3) is 0 Å². The Balaban J connectivity index is 2.26. The molecule has 2 unspecified atom stereocenters. The van der Waals surface area contributed by atoms with E-state index >= 15 is 0 Å². The van der Waals surface area contributed by atoms with Crippen LogP contribution in [0.4, 0.5) is 0 Å². The molecule has 2 heterocycles. The molecule has 0 radical (unpaired) electrons. The van der Waals surface area contributed by atoms with Crippen LogP contribution in [-0.2, 0) is 0 Å². The van der Waals surface area contributed by atoms with Crippen molar-refractivity contribution in [1.82, 2.24) is 5.32 Å². The van der Waals surface area contributed by atoms with E-state index in [4.69, 9.17) is 0 Å². The van der Waals surface area contributed by atoms with Crippen LogP contribution in [0.2, 0.25) is 0 Å². The van der Waals surface area contributed by atoms with Gasteiger partial charge in [0.1, 0.15) is 0 Å². The Morgan fingerprint density at radius 2 is 2.38 bits per heavy atom. The molecule has 3 heteroatoms. The Hall–Kier alpha value is 0.01000. The maximum Gasteiger partial charge on any atom is 0.0477 e. The third-order valence-corrected chi connectivity index (χ3v) is 5.93. The summed E-state index contributed by atoms with van der Waals surface area (Å²) >= 11 is 4.01. The molecule has 0 amide bonds. The number of nitrogens with one attached hydrogen (secondary N) is 1. The molecular formula is C13H21NS2. The molecule has 2 rings (SSSR count). The van der Waals surface area contributed by atoms with Crippen molar-refractivity contribution in [2.24, 2.45) is 0 Å². The van der Waals surface area contributed by atoms with Crippen LogP contribution >= 0.6 is 23.1 Å². The van der Waals surface area contributed by atoms with Crippen molar-refractivity contribution in [2.45, 2.75) is 44.4 Å². The Morgan fingerprint density at radius 1 is 1.56 bits per heavy atom. The molecule has 2 atom stereocenters. The van der Waals surface area contributed by atoms with Crippen LogP contribution in [0.1, 0.15) is 43.2 Å². The van der Waals surface area contributed by atoms with Gasteiger partial charge >= 0.3 is 0 Å². The summed E-state index contributed by atoms with van der Waals surface area (Å²) in [5, 5.41) is 5.91. The Labute approximate surface area is 107 Å². The molecule has 90 valence electrons. The first kappa shape index (κ1) is 12.5. The maximum absolute atomic E-state index is 3.69. The SMILES string of the molecule is CCNC(c1ccsc1C)C1(C)CCCS1. The molecule has 1 aliphatic heterocycles. The molecule has 0 aliphatic carbocycles. The molecule has 1 aromatic rings. The zero-order valence-corrected chi connectivity index (χ0v) is 12.0. The minimum Gasteiger partial charge on any atom is -0.309 e. The fraction of sp³-hybridized carbons (Fsp3) is 0.692. The standard InChI is InChI=1S/C13H21NS2/c1-4-14-12(11-6-9-15-10(11)2)13(3)7-5-8-16-13/h6,9,12,14H,4-5,7-8H2,1-3H3. The zero-order valence-electron chi connectivity index (χ0n) is 10.4. The van der Waals surface area contributed by atoms with Crippen molar-refractivity contribution in [3.63, 3.8) is 0 Å². The highest BCUT2D eigenvalue weighted by Crippen LogP contribution is 2.47. The lowest BCUT2D eigenvalue weighted by Gasteiger charge is -2.34. The van der Waals surface area contributed by atoms with E-state index in [0.29, 0.717) is 10.8 Å². The van der Waals surface area contributed by atoms with E-state index in [0.717, 1.165) is 6.54 Å². The number of thioether (sulfide) groups is 1. The first-order valence-electron chi connectivity index (χ1n) is 6.08. The Morgan fingerprint density at radius 3 is 2.88 bits per heavy atom.